The number of hydrogen-bond acceptors (Lipinski definition) is 5. The van der Waals surface area contributed by atoms with Crippen LogP contribution in [0.1, 0.15) is 11.6 Å². The van der Waals surface area contributed by atoms with Gasteiger partial charge in [0, 0.05) is 38.8 Å². The highest BCUT2D eigenvalue weighted by molar-refractivity contribution is 5.58. The predicted molar refractivity (Wildman–Crippen MR) is 102 cm³/mol. The molecule has 0 saturated carbocycles. The molecule has 0 amide bonds. The van der Waals surface area contributed by atoms with Crippen molar-refractivity contribution in [2.75, 3.05) is 51.8 Å². The molecule has 5 heteroatoms. The second-order valence-corrected chi connectivity index (χ2v) is 6.22. The maximum atomic E-state index is 6.09. The normalized spacial score (nSPS) is 16.5. The minimum absolute atomic E-state index is 0.241. The summed E-state index contributed by atoms with van der Waals surface area (Å²) in [6.45, 7) is 4.50. The van der Waals surface area contributed by atoms with Crippen molar-refractivity contribution >= 4 is 5.69 Å². The fraction of sp³-hybridized carbons (Fsp3) is 0.400. The van der Waals surface area contributed by atoms with Crippen LogP contribution in [0.4, 0.5) is 5.69 Å². The van der Waals surface area contributed by atoms with E-state index in [-0.39, 0.29) is 6.04 Å². The molecule has 25 heavy (non-hydrogen) atoms. The minimum atomic E-state index is 0.241. The number of nitrogens with zero attached hydrogens (tertiary/aromatic N) is 2. The maximum absolute atomic E-state index is 6.09. The van der Waals surface area contributed by atoms with E-state index in [0.717, 1.165) is 37.7 Å². The van der Waals surface area contributed by atoms with E-state index in [1.165, 1.54) is 11.3 Å². The number of para-hydroxylation sites is 2. The second-order valence-electron chi connectivity index (χ2n) is 6.22. The molecule has 0 aromatic heterocycles. The largest absolute Gasteiger partial charge is 0.497 e. The highest BCUT2D eigenvalue weighted by atomic mass is 16.5. The molecule has 0 bridgehead atoms. The van der Waals surface area contributed by atoms with Crippen molar-refractivity contribution in [2.45, 2.75) is 6.04 Å². The van der Waals surface area contributed by atoms with Gasteiger partial charge in [0.1, 0.15) is 11.5 Å². The Balaban J connectivity index is 1.67. The number of nitrogens with two attached hydrogens (primary N) is 1. The van der Waals surface area contributed by atoms with E-state index < -0.39 is 0 Å². The van der Waals surface area contributed by atoms with Gasteiger partial charge in [0.2, 0.25) is 0 Å². The molecule has 5 nitrogen and oxygen atoms in total. The lowest BCUT2D eigenvalue weighted by Gasteiger charge is -2.40. The van der Waals surface area contributed by atoms with Gasteiger partial charge in [-0.1, -0.05) is 24.3 Å². The number of anilines is 1. The van der Waals surface area contributed by atoms with E-state index in [1.807, 2.05) is 24.3 Å². The van der Waals surface area contributed by atoms with Crippen molar-refractivity contribution < 1.29 is 9.47 Å². The molecule has 1 heterocycles. The van der Waals surface area contributed by atoms with Crippen LogP contribution in [-0.2, 0) is 0 Å². The molecule has 1 atom stereocenters. The third-order valence-electron chi connectivity index (χ3n) is 4.90. The van der Waals surface area contributed by atoms with E-state index in [2.05, 4.69) is 34.1 Å². The van der Waals surface area contributed by atoms with E-state index in [0.29, 0.717) is 6.54 Å². The van der Waals surface area contributed by atoms with Gasteiger partial charge >= 0.3 is 0 Å². The number of methoxy groups -OCH3 is 2. The van der Waals surface area contributed by atoms with Crippen molar-refractivity contribution in [2.24, 2.45) is 5.73 Å². The van der Waals surface area contributed by atoms with Crippen LogP contribution in [0.5, 0.6) is 11.5 Å². The van der Waals surface area contributed by atoms with Gasteiger partial charge in [-0.25, -0.2) is 0 Å². The van der Waals surface area contributed by atoms with Crippen molar-refractivity contribution in [1.29, 1.82) is 0 Å². The lowest BCUT2D eigenvalue weighted by Crippen LogP contribution is -2.49. The minimum Gasteiger partial charge on any atom is -0.497 e. The van der Waals surface area contributed by atoms with Crippen LogP contribution < -0.4 is 20.1 Å². The molecular weight excluding hydrogens is 314 g/mol. The Morgan fingerprint density at radius 1 is 0.920 bits per heavy atom. The summed E-state index contributed by atoms with van der Waals surface area (Å²) in [5.41, 5.74) is 8.50. The summed E-state index contributed by atoms with van der Waals surface area (Å²) >= 11 is 0. The molecule has 1 aliphatic rings. The van der Waals surface area contributed by atoms with E-state index in [4.69, 9.17) is 15.2 Å². The quantitative estimate of drug-likeness (QED) is 0.875. The highest BCUT2D eigenvalue weighted by Crippen LogP contribution is 2.30. The maximum Gasteiger partial charge on any atom is 0.142 e. The average Bonchev–Trinajstić information content (AvgIpc) is 2.69. The van der Waals surface area contributed by atoms with Gasteiger partial charge in [-0.05, 0) is 29.8 Å². The Kier molecular flexibility index (Phi) is 5.79. The summed E-state index contributed by atoms with van der Waals surface area (Å²) in [5.74, 6) is 1.81. The van der Waals surface area contributed by atoms with Gasteiger partial charge in [-0.3, -0.25) is 4.90 Å². The first-order chi connectivity index (χ1) is 12.3. The molecule has 0 spiro atoms. The zero-order chi connectivity index (χ0) is 17.6. The zero-order valence-electron chi connectivity index (χ0n) is 15.0. The molecule has 1 aliphatic heterocycles. The van der Waals surface area contributed by atoms with Gasteiger partial charge in [0.25, 0.3) is 0 Å². The van der Waals surface area contributed by atoms with Gasteiger partial charge in [0.05, 0.1) is 19.9 Å². The molecule has 2 aromatic carbocycles. The molecule has 134 valence electrons. The monoisotopic (exact) mass is 341 g/mol. The van der Waals surface area contributed by atoms with E-state index in [9.17, 15) is 0 Å². The first-order valence-electron chi connectivity index (χ1n) is 8.73. The number of benzene rings is 2. The van der Waals surface area contributed by atoms with Crippen LogP contribution in [0.25, 0.3) is 0 Å². The first kappa shape index (κ1) is 17.6. The number of ether oxygens (including phenoxy) is 2. The summed E-state index contributed by atoms with van der Waals surface area (Å²) in [7, 11) is 3.41. The average molecular weight is 341 g/mol. The smallest absolute Gasteiger partial charge is 0.142 e. The Morgan fingerprint density at radius 2 is 1.60 bits per heavy atom. The Morgan fingerprint density at radius 3 is 2.20 bits per heavy atom. The standard InChI is InChI=1S/C20H27N3O2/c1-24-17-9-7-16(8-10-17)19(15-21)23-13-11-22(12-14-23)18-5-3-4-6-20(18)25-2/h3-10,19H,11-15,21H2,1-2H3. The van der Waals surface area contributed by atoms with Crippen molar-refractivity contribution in [3.8, 4) is 11.5 Å². The molecule has 3 rings (SSSR count). The molecule has 1 saturated heterocycles. The fourth-order valence-electron chi connectivity index (χ4n) is 3.49. The van der Waals surface area contributed by atoms with Crippen molar-refractivity contribution in [3.05, 3.63) is 54.1 Å². The number of rotatable bonds is 6. The van der Waals surface area contributed by atoms with E-state index in [1.54, 1.807) is 14.2 Å². The molecular formula is C20H27N3O2. The third kappa shape index (κ3) is 3.89. The summed E-state index contributed by atoms with van der Waals surface area (Å²) in [5, 5.41) is 0. The molecule has 0 aliphatic carbocycles. The zero-order valence-corrected chi connectivity index (χ0v) is 15.0. The van der Waals surface area contributed by atoms with Crippen LogP contribution in [0, 0.1) is 0 Å². The Bertz CT molecular complexity index is 667. The molecule has 2 aromatic rings. The van der Waals surface area contributed by atoms with Crippen molar-refractivity contribution in [1.82, 2.24) is 4.90 Å². The Hall–Kier alpha value is -2.24. The number of piperazine rings is 1. The van der Waals surface area contributed by atoms with Crippen LogP contribution in [0.15, 0.2) is 48.5 Å². The van der Waals surface area contributed by atoms with Gasteiger partial charge in [-0.2, -0.15) is 0 Å². The first-order valence-corrected chi connectivity index (χ1v) is 8.73. The highest BCUT2D eigenvalue weighted by Gasteiger charge is 2.25. The molecule has 0 radical (unpaired) electrons. The Labute approximate surface area is 149 Å². The SMILES string of the molecule is COc1ccc(C(CN)N2CCN(c3ccccc3OC)CC2)cc1. The summed E-state index contributed by atoms with van der Waals surface area (Å²) < 4.78 is 10.7. The third-order valence-corrected chi connectivity index (χ3v) is 4.90. The van der Waals surface area contributed by atoms with Crippen LogP contribution in [-0.4, -0.2) is 51.8 Å². The molecule has 1 unspecified atom stereocenters. The summed E-state index contributed by atoms with van der Waals surface area (Å²) in [4.78, 5) is 4.85. The lowest BCUT2D eigenvalue weighted by molar-refractivity contribution is 0.190. The fourth-order valence-corrected chi connectivity index (χ4v) is 3.49. The molecule has 2 N–H and O–H groups in total. The van der Waals surface area contributed by atoms with Crippen LogP contribution in [0.3, 0.4) is 0 Å². The second kappa shape index (κ2) is 8.23. The van der Waals surface area contributed by atoms with E-state index >= 15 is 0 Å². The molecule has 1 fully saturated rings. The van der Waals surface area contributed by atoms with Crippen LogP contribution in [0.2, 0.25) is 0 Å². The predicted octanol–water partition coefficient (Wildman–Crippen LogP) is 2.53. The summed E-state index contributed by atoms with van der Waals surface area (Å²) in [6, 6.07) is 16.7. The lowest BCUT2D eigenvalue weighted by atomic mass is 10.0. The number of hydrogen-bond donors (Lipinski definition) is 1. The summed E-state index contributed by atoms with van der Waals surface area (Å²) in [6.07, 6.45) is 0. The van der Waals surface area contributed by atoms with Gasteiger partial charge in [0.15, 0.2) is 0 Å². The van der Waals surface area contributed by atoms with Gasteiger partial charge < -0.3 is 20.1 Å². The topological polar surface area (TPSA) is 51.0 Å². The van der Waals surface area contributed by atoms with Crippen molar-refractivity contribution in [3.63, 3.8) is 0 Å². The van der Waals surface area contributed by atoms with Gasteiger partial charge in [-0.15, -0.1) is 0 Å². The van der Waals surface area contributed by atoms with Crippen LogP contribution >= 0.6 is 0 Å².